The quantitative estimate of drug-likeness (QED) is 0.826. The van der Waals surface area contributed by atoms with Gasteiger partial charge in [0.25, 0.3) is 0 Å². The number of aryl methyl sites for hydroxylation is 2. The lowest BCUT2D eigenvalue weighted by Gasteiger charge is -2.40. The first-order valence-corrected chi connectivity index (χ1v) is 9.34. The number of nitrogens with zero attached hydrogens (tertiary/aromatic N) is 4. The van der Waals surface area contributed by atoms with Gasteiger partial charge < -0.3 is 10.2 Å². The van der Waals surface area contributed by atoms with Crippen LogP contribution in [0.5, 0.6) is 0 Å². The third-order valence-corrected chi connectivity index (χ3v) is 4.91. The predicted octanol–water partition coefficient (Wildman–Crippen LogP) is 1.04. The van der Waals surface area contributed by atoms with Crippen LogP contribution < -0.4 is 5.32 Å². The molecule has 0 saturated carbocycles. The fourth-order valence-corrected chi connectivity index (χ4v) is 3.46. The maximum Gasteiger partial charge on any atom is 0.243 e. The smallest absolute Gasteiger partial charge is 0.243 e. The lowest BCUT2D eigenvalue weighted by atomic mass is 10.1. The number of piperazine rings is 1. The minimum atomic E-state index is -0.459. The van der Waals surface area contributed by atoms with Gasteiger partial charge >= 0.3 is 0 Å². The van der Waals surface area contributed by atoms with Crippen molar-refractivity contribution in [3.05, 3.63) is 53.9 Å². The first kappa shape index (κ1) is 19.1. The van der Waals surface area contributed by atoms with Gasteiger partial charge in [0, 0.05) is 52.4 Å². The highest BCUT2D eigenvalue weighted by molar-refractivity contribution is 5.88. The van der Waals surface area contributed by atoms with E-state index in [2.05, 4.69) is 27.4 Å². The standard InChI is InChI=1S/C20H27N5O2/c1-16-8-10-24(22-16)11-9-19(26)25-13-12-23(15-18(25)20(27)21-2)14-17-6-4-3-5-7-17/h3-8,10,18H,9,11-15H2,1-2H3,(H,21,27). The van der Waals surface area contributed by atoms with Gasteiger partial charge in [-0.15, -0.1) is 0 Å². The molecule has 1 N–H and O–H groups in total. The number of hydrogen-bond donors (Lipinski definition) is 1. The van der Waals surface area contributed by atoms with Crippen molar-refractivity contribution in [1.82, 2.24) is 24.9 Å². The molecule has 2 amide bonds. The number of aromatic nitrogens is 2. The summed E-state index contributed by atoms with van der Waals surface area (Å²) in [5, 5.41) is 7.02. The van der Waals surface area contributed by atoms with Crippen LogP contribution in [0.4, 0.5) is 0 Å². The van der Waals surface area contributed by atoms with Crippen molar-refractivity contribution < 1.29 is 9.59 Å². The van der Waals surface area contributed by atoms with Crippen molar-refractivity contribution >= 4 is 11.8 Å². The number of carbonyl (C=O) groups excluding carboxylic acids is 2. The van der Waals surface area contributed by atoms with Crippen LogP contribution in [0.1, 0.15) is 17.7 Å². The van der Waals surface area contributed by atoms with E-state index < -0.39 is 6.04 Å². The Hall–Kier alpha value is -2.67. The van der Waals surface area contributed by atoms with Crippen LogP contribution in [0.2, 0.25) is 0 Å². The molecule has 0 radical (unpaired) electrons. The third kappa shape index (κ3) is 4.95. The van der Waals surface area contributed by atoms with E-state index in [1.54, 1.807) is 16.6 Å². The fraction of sp³-hybridized carbons (Fsp3) is 0.450. The molecule has 1 aliphatic heterocycles. The fourth-order valence-electron chi connectivity index (χ4n) is 3.46. The highest BCUT2D eigenvalue weighted by Crippen LogP contribution is 2.15. The molecular formula is C20H27N5O2. The molecule has 27 heavy (non-hydrogen) atoms. The Kier molecular flexibility index (Phi) is 6.24. The summed E-state index contributed by atoms with van der Waals surface area (Å²) < 4.78 is 1.77. The van der Waals surface area contributed by atoms with Gasteiger partial charge in [0.05, 0.1) is 5.69 Å². The van der Waals surface area contributed by atoms with E-state index in [0.717, 1.165) is 18.8 Å². The molecule has 0 aliphatic carbocycles. The zero-order chi connectivity index (χ0) is 19.2. The Morgan fingerprint density at radius 2 is 1.96 bits per heavy atom. The first-order chi connectivity index (χ1) is 13.1. The topological polar surface area (TPSA) is 70.5 Å². The summed E-state index contributed by atoms with van der Waals surface area (Å²) >= 11 is 0. The second-order valence-electron chi connectivity index (χ2n) is 6.91. The van der Waals surface area contributed by atoms with E-state index in [9.17, 15) is 9.59 Å². The zero-order valence-corrected chi connectivity index (χ0v) is 16.0. The van der Waals surface area contributed by atoms with Crippen LogP contribution in [0.15, 0.2) is 42.6 Å². The average molecular weight is 369 g/mol. The van der Waals surface area contributed by atoms with Crippen LogP contribution in [0.25, 0.3) is 0 Å². The van der Waals surface area contributed by atoms with Crippen molar-refractivity contribution in [1.29, 1.82) is 0 Å². The molecule has 2 aromatic rings. The molecule has 1 saturated heterocycles. The highest BCUT2D eigenvalue weighted by Gasteiger charge is 2.34. The Morgan fingerprint density at radius 1 is 1.19 bits per heavy atom. The van der Waals surface area contributed by atoms with Gasteiger partial charge in [0.15, 0.2) is 0 Å². The molecule has 1 atom stereocenters. The van der Waals surface area contributed by atoms with Crippen LogP contribution in [0, 0.1) is 6.92 Å². The Morgan fingerprint density at radius 3 is 2.63 bits per heavy atom. The summed E-state index contributed by atoms with van der Waals surface area (Å²) in [5.41, 5.74) is 2.14. The van der Waals surface area contributed by atoms with E-state index in [4.69, 9.17) is 0 Å². The molecule has 0 spiro atoms. The molecule has 7 nitrogen and oxygen atoms in total. The monoisotopic (exact) mass is 369 g/mol. The zero-order valence-electron chi connectivity index (χ0n) is 16.0. The SMILES string of the molecule is CNC(=O)C1CN(Cc2ccccc2)CCN1C(=O)CCn1ccc(C)n1. The first-order valence-electron chi connectivity index (χ1n) is 9.34. The summed E-state index contributed by atoms with van der Waals surface area (Å²) in [7, 11) is 1.62. The Bertz CT molecular complexity index is 774. The normalized spacial score (nSPS) is 17.7. The summed E-state index contributed by atoms with van der Waals surface area (Å²) in [6, 6.07) is 11.6. The lowest BCUT2D eigenvalue weighted by Crippen LogP contribution is -2.60. The molecule has 0 bridgehead atoms. The number of rotatable bonds is 6. The van der Waals surface area contributed by atoms with Crippen molar-refractivity contribution in [3.63, 3.8) is 0 Å². The molecule has 3 rings (SSSR count). The highest BCUT2D eigenvalue weighted by atomic mass is 16.2. The summed E-state index contributed by atoms with van der Waals surface area (Å²) in [5.74, 6) is -0.118. The lowest BCUT2D eigenvalue weighted by molar-refractivity contribution is -0.144. The summed E-state index contributed by atoms with van der Waals surface area (Å²) in [4.78, 5) is 29.1. The average Bonchev–Trinajstić information content (AvgIpc) is 3.11. The largest absolute Gasteiger partial charge is 0.357 e. The van der Waals surface area contributed by atoms with Gasteiger partial charge in [-0.1, -0.05) is 30.3 Å². The van der Waals surface area contributed by atoms with E-state index >= 15 is 0 Å². The molecule has 1 aromatic heterocycles. The minimum Gasteiger partial charge on any atom is -0.357 e. The number of amides is 2. The van der Waals surface area contributed by atoms with Crippen molar-refractivity contribution in [2.45, 2.75) is 32.5 Å². The molecule has 1 fully saturated rings. The molecule has 1 aliphatic rings. The van der Waals surface area contributed by atoms with Crippen molar-refractivity contribution in [3.8, 4) is 0 Å². The number of carbonyl (C=O) groups is 2. The van der Waals surface area contributed by atoms with E-state index in [1.165, 1.54) is 5.56 Å². The number of nitrogens with one attached hydrogen (secondary N) is 1. The molecule has 7 heteroatoms. The van der Waals surface area contributed by atoms with Gasteiger partial charge in [-0.3, -0.25) is 19.2 Å². The van der Waals surface area contributed by atoms with E-state index in [0.29, 0.717) is 26.1 Å². The minimum absolute atomic E-state index is 0.00360. The molecule has 144 valence electrons. The molecule has 1 unspecified atom stereocenters. The van der Waals surface area contributed by atoms with Crippen LogP contribution in [-0.4, -0.2) is 64.1 Å². The van der Waals surface area contributed by atoms with E-state index in [-0.39, 0.29) is 11.8 Å². The number of hydrogen-bond acceptors (Lipinski definition) is 4. The molecule has 1 aromatic carbocycles. The van der Waals surface area contributed by atoms with Gasteiger partial charge in [0.1, 0.15) is 6.04 Å². The number of likely N-dealkylation sites (N-methyl/N-ethyl adjacent to an activating group) is 1. The Balaban J connectivity index is 1.62. The second-order valence-corrected chi connectivity index (χ2v) is 6.91. The van der Waals surface area contributed by atoms with Gasteiger partial charge in [-0.2, -0.15) is 5.10 Å². The summed E-state index contributed by atoms with van der Waals surface area (Å²) in [6.07, 6.45) is 2.21. The van der Waals surface area contributed by atoms with Crippen molar-refractivity contribution in [2.24, 2.45) is 0 Å². The van der Waals surface area contributed by atoms with Gasteiger partial charge in [-0.25, -0.2) is 0 Å². The van der Waals surface area contributed by atoms with E-state index in [1.807, 2.05) is 37.4 Å². The van der Waals surface area contributed by atoms with Gasteiger partial charge in [0.2, 0.25) is 11.8 Å². The maximum absolute atomic E-state index is 12.8. The molecule has 2 heterocycles. The number of benzene rings is 1. The Labute approximate surface area is 159 Å². The maximum atomic E-state index is 12.8. The predicted molar refractivity (Wildman–Crippen MR) is 103 cm³/mol. The third-order valence-electron chi connectivity index (χ3n) is 4.91. The molecular weight excluding hydrogens is 342 g/mol. The second kappa shape index (κ2) is 8.81. The van der Waals surface area contributed by atoms with Crippen molar-refractivity contribution in [2.75, 3.05) is 26.7 Å². The van der Waals surface area contributed by atoms with Crippen LogP contribution in [-0.2, 0) is 22.7 Å². The summed E-state index contributed by atoms with van der Waals surface area (Å²) in [6.45, 7) is 5.09. The van der Waals surface area contributed by atoms with Gasteiger partial charge in [-0.05, 0) is 18.6 Å². The van der Waals surface area contributed by atoms with Crippen LogP contribution >= 0.6 is 0 Å². The van der Waals surface area contributed by atoms with Crippen LogP contribution in [0.3, 0.4) is 0 Å².